The topological polar surface area (TPSA) is 52.6 Å². The molecule has 0 amide bonds. The van der Waals surface area contributed by atoms with E-state index in [0.717, 1.165) is 0 Å². The van der Waals surface area contributed by atoms with E-state index in [1.165, 1.54) is 14.2 Å². The second-order valence-corrected chi connectivity index (χ2v) is 3.43. The average Bonchev–Trinajstić information content (AvgIpc) is 2.21. The molecule has 0 fully saturated rings. The first-order chi connectivity index (χ1) is 6.54. The van der Waals surface area contributed by atoms with Gasteiger partial charge in [0.1, 0.15) is 5.41 Å². The minimum Gasteiger partial charge on any atom is -0.501 e. The fraction of sp³-hybridized carbons (Fsp3) is 0.600. The molecule has 78 valence electrons. The van der Waals surface area contributed by atoms with Gasteiger partial charge >= 0.3 is 5.97 Å². The zero-order valence-electron chi connectivity index (χ0n) is 8.62. The Morgan fingerprint density at radius 2 is 2.07 bits per heavy atom. The summed E-state index contributed by atoms with van der Waals surface area (Å²) in [6, 6.07) is 0. The molecule has 1 aliphatic rings. The van der Waals surface area contributed by atoms with Crippen LogP contribution in [0, 0.1) is 5.41 Å². The van der Waals surface area contributed by atoms with Crippen LogP contribution in [-0.2, 0) is 19.1 Å². The summed E-state index contributed by atoms with van der Waals surface area (Å²) in [5.74, 6) is 0.0133. The smallest absolute Gasteiger partial charge is 0.323 e. The summed E-state index contributed by atoms with van der Waals surface area (Å²) in [6.07, 6.45) is 2.43. The molecule has 0 spiro atoms. The fourth-order valence-corrected chi connectivity index (χ4v) is 1.52. The van der Waals surface area contributed by atoms with Crippen molar-refractivity contribution in [1.29, 1.82) is 0 Å². The molecule has 4 heteroatoms. The van der Waals surface area contributed by atoms with Crippen LogP contribution in [0.3, 0.4) is 0 Å². The Morgan fingerprint density at radius 3 is 2.57 bits per heavy atom. The van der Waals surface area contributed by atoms with Gasteiger partial charge in [-0.25, -0.2) is 0 Å². The van der Waals surface area contributed by atoms with Crippen LogP contribution in [0.1, 0.15) is 19.8 Å². The Balaban J connectivity index is 3.04. The van der Waals surface area contributed by atoms with Gasteiger partial charge in [-0.1, -0.05) is 0 Å². The second-order valence-electron chi connectivity index (χ2n) is 3.43. The third kappa shape index (κ3) is 1.64. The van der Waals surface area contributed by atoms with E-state index in [4.69, 9.17) is 4.74 Å². The largest absolute Gasteiger partial charge is 0.501 e. The molecule has 14 heavy (non-hydrogen) atoms. The van der Waals surface area contributed by atoms with Crippen LogP contribution in [0.25, 0.3) is 0 Å². The van der Waals surface area contributed by atoms with Gasteiger partial charge in [0.2, 0.25) is 0 Å². The van der Waals surface area contributed by atoms with Gasteiger partial charge in [0.25, 0.3) is 0 Å². The summed E-state index contributed by atoms with van der Waals surface area (Å²) in [5, 5.41) is 0. The number of carbonyl (C=O) groups is 2. The normalized spacial score (nSPS) is 26.8. The van der Waals surface area contributed by atoms with Crippen molar-refractivity contribution in [2.24, 2.45) is 5.41 Å². The molecule has 0 radical (unpaired) electrons. The minimum absolute atomic E-state index is 0.120. The van der Waals surface area contributed by atoms with Gasteiger partial charge in [-0.3, -0.25) is 9.59 Å². The number of allylic oxidation sites excluding steroid dienone is 1. The van der Waals surface area contributed by atoms with E-state index in [0.29, 0.717) is 18.6 Å². The van der Waals surface area contributed by atoms with E-state index in [-0.39, 0.29) is 5.78 Å². The molecule has 0 aromatic carbocycles. The van der Waals surface area contributed by atoms with E-state index < -0.39 is 11.4 Å². The lowest BCUT2D eigenvalue weighted by molar-refractivity contribution is -0.154. The standard InChI is InChI=1S/C10H14O4/c1-10(9(12)14-3)6-7(13-2)4-5-8(10)11/h6H,4-5H2,1-3H3. The zero-order chi connectivity index (χ0) is 10.8. The summed E-state index contributed by atoms with van der Waals surface area (Å²) in [7, 11) is 2.80. The third-order valence-corrected chi connectivity index (χ3v) is 2.50. The Kier molecular flexibility index (Phi) is 2.93. The molecule has 0 saturated heterocycles. The number of esters is 1. The maximum absolute atomic E-state index is 11.6. The number of hydrogen-bond donors (Lipinski definition) is 0. The molecule has 1 unspecified atom stereocenters. The van der Waals surface area contributed by atoms with Gasteiger partial charge in [-0.05, 0) is 13.0 Å². The van der Waals surface area contributed by atoms with E-state index >= 15 is 0 Å². The van der Waals surface area contributed by atoms with Crippen molar-refractivity contribution in [3.63, 3.8) is 0 Å². The summed E-state index contributed by atoms with van der Waals surface area (Å²) in [5.41, 5.74) is -1.17. The SMILES string of the molecule is COC(=O)C1(C)C=C(OC)CCC1=O. The number of Topliss-reactive ketones (excluding diaryl/α,β-unsaturated/α-hetero) is 1. The van der Waals surface area contributed by atoms with Gasteiger partial charge in [-0.15, -0.1) is 0 Å². The number of carbonyl (C=O) groups excluding carboxylic acids is 2. The summed E-state index contributed by atoms with van der Waals surface area (Å²) < 4.78 is 9.63. The lowest BCUT2D eigenvalue weighted by Gasteiger charge is -2.26. The number of methoxy groups -OCH3 is 2. The molecular formula is C10H14O4. The maximum Gasteiger partial charge on any atom is 0.323 e. The molecule has 1 aliphatic carbocycles. The Hall–Kier alpha value is -1.32. The second kappa shape index (κ2) is 3.82. The molecule has 0 saturated carbocycles. The third-order valence-electron chi connectivity index (χ3n) is 2.50. The molecule has 0 heterocycles. The van der Waals surface area contributed by atoms with E-state index in [9.17, 15) is 9.59 Å². The van der Waals surface area contributed by atoms with Gasteiger partial charge < -0.3 is 9.47 Å². The lowest BCUT2D eigenvalue weighted by Crippen LogP contribution is -2.38. The molecule has 0 aromatic heterocycles. The van der Waals surface area contributed by atoms with Gasteiger partial charge in [0, 0.05) is 12.8 Å². The summed E-state index contributed by atoms with van der Waals surface area (Å²) >= 11 is 0. The predicted octanol–water partition coefficient (Wildman–Crippen LogP) is 1.06. The fourth-order valence-electron chi connectivity index (χ4n) is 1.52. The Bertz CT molecular complexity index is 292. The summed E-state index contributed by atoms with van der Waals surface area (Å²) in [4.78, 5) is 23.0. The van der Waals surface area contributed by atoms with E-state index in [1.54, 1.807) is 13.0 Å². The van der Waals surface area contributed by atoms with Crippen LogP contribution in [-0.4, -0.2) is 26.0 Å². The van der Waals surface area contributed by atoms with Crippen LogP contribution in [0.15, 0.2) is 11.8 Å². The van der Waals surface area contributed by atoms with Crippen LogP contribution in [0.4, 0.5) is 0 Å². The van der Waals surface area contributed by atoms with Crippen molar-refractivity contribution in [2.75, 3.05) is 14.2 Å². The highest BCUT2D eigenvalue weighted by molar-refractivity contribution is 6.06. The van der Waals surface area contributed by atoms with Gasteiger partial charge in [-0.2, -0.15) is 0 Å². The van der Waals surface area contributed by atoms with Crippen molar-refractivity contribution in [3.05, 3.63) is 11.8 Å². The first kappa shape index (κ1) is 10.8. The number of ether oxygens (including phenoxy) is 2. The summed E-state index contributed by atoms with van der Waals surface area (Å²) in [6.45, 7) is 1.55. The molecular weight excluding hydrogens is 184 g/mol. The van der Waals surface area contributed by atoms with Crippen LogP contribution in [0.2, 0.25) is 0 Å². The van der Waals surface area contributed by atoms with Crippen molar-refractivity contribution in [1.82, 2.24) is 0 Å². The number of ketones is 1. The molecule has 0 bridgehead atoms. The average molecular weight is 198 g/mol. The monoisotopic (exact) mass is 198 g/mol. The van der Waals surface area contributed by atoms with E-state index in [2.05, 4.69) is 4.74 Å². The highest BCUT2D eigenvalue weighted by Crippen LogP contribution is 2.32. The molecule has 1 rings (SSSR count). The van der Waals surface area contributed by atoms with Crippen LogP contribution < -0.4 is 0 Å². The van der Waals surface area contributed by atoms with Crippen molar-refractivity contribution in [2.45, 2.75) is 19.8 Å². The zero-order valence-corrected chi connectivity index (χ0v) is 8.62. The van der Waals surface area contributed by atoms with Crippen LogP contribution >= 0.6 is 0 Å². The minimum atomic E-state index is -1.17. The highest BCUT2D eigenvalue weighted by Gasteiger charge is 2.42. The lowest BCUT2D eigenvalue weighted by atomic mass is 9.79. The predicted molar refractivity (Wildman–Crippen MR) is 49.5 cm³/mol. The van der Waals surface area contributed by atoms with Crippen LogP contribution in [0.5, 0.6) is 0 Å². The molecule has 0 N–H and O–H groups in total. The van der Waals surface area contributed by atoms with Crippen molar-refractivity contribution in [3.8, 4) is 0 Å². The van der Waals surface area contributed by atoms with Gasteiger partial charge in [0.05, 0.1) is 20.0 Å². The first-order valence-corrected chi connectivity index (χ1v) is 4.42. The van der Waals surface area contributed by atoms with E-state index in [1.807, 2.05) is 0 Å². The maximum atomic E-state index is 11.6. The molecule has 0 aliphatic heterocycles. The van der Waals surface area contributed by atoms with Gasteiger partial charge in [0.15, 0.2) is 5.78 Å². The molecule has 4 nitrogen and oxygen atoms in total. The quantitative estimate of drug-likeness (QED) is 0.491. The van der Waals surface area contributed by atoms with Crippen molar-refractivity contribution >= 4 is 11.8 Å². The Labute approximate surface area is 82.9 Å². The Morgan fingerprint density at radius 1 is 1.43 bits per heavy atom. The molecule has 1 atom stereocenters. The first-order valence-electron chi connectivity index (χ1n) is 4.42. The highest BCUT2D eigenvalue weighted by atomic mass is 16.5. The number of rotatable bonds is 2. The van der Waals surface area contributed by atoms with Crippen molar-refractivity contribution < 1.29 is 19.1 Å². The number of hydrogen-bond acceptors (Lipinski definition) is 4. The molecule has 0 aromatic rings.